The van der Waals surface area contributed by atoms with E-state index in [9.17, 15) is 0 Å². The van der Waals surface area contributed by atoms with Crippen molar-refractivity contribution in [1.82, 2.24) is 4.98 Å². The van der Waals surface area contributed by atoms with Crippen molar-refractivity contribution < 1.29 is 0 Å². The van der Waals surface area contributed by atoms with Gasteiger partial charge in [0, 0.05) is 6.54 Å². The van der Waals surface area contributed by atoms with E-state index in [-0.39, 0.29) is 0 Å². The minimum absolute atomic E-state index is 0.894. The fourth-order valence-corrected chi connectivity index (χ4v) is 1.22. The van der Waals surface area contributed by atoms with Crippen LogP contribution in [-0.2, 0) is 0 Å². The quantitative estimate of drug-likeness (QED) is 0.464. The van der Waals surface area contributed by atoms with E-state index in [4.69, 9.17) is 0 Å². The van der Waals surface area contributed by atoms with Crippen molar-refractivity contribution in [2.75, 3.05) is 6.54 Å². The maximum atomic E-state index is 3.75. The lowest BCUT2D eigenvalue weighted by atomic mass is 10.7. The fourth-order valence-electron chi connectivity index (χ4n) is 0.407. The third kappa shape index (κ3) is 4.18. The Morgan fingerprint density at radius 1 is 1.44 bits per heavy atom. The average molecular weight is 141 g/mol. The van der Waals surface area contributed by atoms with Crippen molar-refractivity contribution in [1.29, 1.82) is 0 Å². The highest BCUT2D eigenvalue weighted by Gasteiger charge is 2.12. The van der Waals surface area contributed by atoms with Crippen LogP contribution in [0.3, 0.4) is 0 Å². The van der Waals surface area contributed by atoms with E-state index in [2.05, 4.69) is 31.2 Å². The molecule has 0 unspecified atom stereocenters. The van der Waals surface area contributed by atoms with E-state index < -0.39 is 8.24 Å². The second-order valence-corrected chi connectivity index (χ2v) is 6.80. The largest absolute Gasteiger partial charge is 0.331 e. The Hall–Kier alpha value is -0.343. The number of rotatable bonds is 4. The van der Waals surface area contributed by atoms with Crippen LogP contribution in [0.1, 0.15) is 0 Å². The molecular weight excluding hydrogens is 126 g/mol. The van der Waals surface area contributed by atoms with E-state index in [1.807, 2.05) is 11.8 Å². The summed E-state index contributed by atoms with van der Waals surface area (Å²) in [4.78, 5) is 3.36. The highest BCUT2D eigenvalue weighted by Crippen LogP contribution is 1.95. The van der Waals surface area contributed by atoms with E-state index in [0.29, 0.717) is 0 Å². The summed E-state index contributed by atoms with van der Waals surface area (Å²) >= 11 is 0. The molecule has 0 atom stereocenters. The van der Waals surface area contributed by atoms with Crippen molar-refractivity contribution in [3.8, 4) is 0 Å². The van der Waals surface area contributed by atoms with Gasteiger partial charge in [0.15, 0.2) is 0 Å². The van der Waals surface area contributed by atoms with Gasteiger partial charge in [-0.2, -0.15) is 0 Å². The normalized spacial score (nSPS) is 10.9. The van der Waals surface area contributed by atoms with Crippen molar-refractivity contribution in [3.05, 3.63) is 24.9 Å². The number of hydrogen-bond donors (Lipinski definition) is 1. The summed E-state index contributed by atoms with van der Waals surface area (Å²) in [7, 11) is -1.26. The lowest BCUT2D eigenvalue weighted by molar-refractivity contribution is 1.05. The molecule has 9 heavy (non-hydrogen) atoms. The molecule has 0 rings (SSSR count). The molecule has 1 nitrogen and oxygen atoms in total. The summed E-state index contributed by atoms with van der Waals surface area (Å²) in [5, 5.41) is 0. The first kappa shape index (κ1) is 8.66. The Bertz CT molecular complexity index is 107. The molecule has 1 N–H and O–H groups in total. The molecule has 0 heterocycles. The molecule has 0 aromatic rings. The van der Waals surface area contributed by atoms with Crippen molar-refractivity contribution in [2.45, 2.75) is 13.1 Å². The Labute approximate surface area is 58.6 Å². The molecule has 52 valence electrons. The Morgan fingerprint density at radius 3 is 2.33 bits per heavy atom. The molecule has 0 radical (unpaired) electrons. The van der Waals surface area contributed by atoms with Crippen LogP contribution in [0, 0.1) is 0 Å². The molecule has 0 spiro atoms. The van der Waals surface area contributed by atoms with Crippen molar-refractivity contribution in [3.63, 3.8) is 0 Å². The minimum Gasteiger partial charge on any atom is -0.331 e. The smallest absolute Gasteiger partial charge is 0.143 e. The van der Waals surface area contributed by atoms with Gasteiger partial charge in [0.05, 0.1) is 0 Å². The van der Waals surface area contributed by atoms with Gasteiger partial charge in [-0.1, -0.05) is 24.9 Å². The van der Waals surface area contributed by atoms with Crippen LogP contribution in [-0.4, -0.2) is 14.8 Å². The monoisotopic (exact) mass is 141 g/mol. The van der Waals surface area contributed by atoms with Gasteiger partial charge in [-0.05, 0) is 0 Å². The molecule has 0 aromatic heterocycles. The Balaban J connectivity index is 3.57. The summed E-state index contributed by atoms with van der Waals surface area (Å²) < 4.78 is 0. The van der Waals surface area contributed by atoms with E-state index >= 15 is 0 Å². The number of nitrogens with one attached hydrogen (secondary N) is 1. The van der Waals surface area contributed by atoms with Gasteiger partial charge >= 0.3 is 0 Å². The molecule has 0 saturated heterocycles. The van der Waals surface area contributed by atoms with Gasteiger partial charge in [0.1, 0.15) is 8.24 Å². The summed E-state index contributed by atoms with van der Waals surface area (Å²) in [5.41, 5.74) is 2.02. The standard InChI is InChI=1S/C7H15NSi/c1-5-7-8-9(3,4)6-2/h5-6,8H,1-2,7H2,3-4H3. The van der Waals surface area contributed by atoms with E-state index in [1.54, 1.807) is 0 Å². The van der Waals surface area contributed by atoms with Crippen LogP contribution in [0.4, 0.5) is 0 Å². The van der Waals surface area contributed by atoms with Crippen LogP contribution in [0.5, 0.6) is 0 Å². The maximum absolute atomic E-state index is 3.75. The van der Waals surface area contributed by atoms with Gasteiger partial charge in [0.2, 0.25) is 0 Å². The van der Waals surface area contributed by atoms with Crippen LogP contribution < -0.4 is 4.98 Å². The zero-order chi connectivity index (χ0) is 7.33. The third-order valence-electron chi connectivity index (χ3n) is 1.21. The topological polar surface area (TPSA) is 12.0 Å². The summed E-state index contributed by atoms with van der Waals surface area (Å²) in [5.74, 6) is 0. The van der Waals surface area contributed by atoms with Gasteiger partial charge in [0.25, 0.3) is 0 Å². The zero-order valence-electron chi connectivity index (χ0n) is 6.28. The average Bonchev–Trinajstić information content (AvgIpc) is 1.84. The number of hydrogen-bond acceptors (Lipinski definition) is 1. The predicted molar refractivity (Wildman–Crippen MR) is 45.9 cm³/mol. The lowest BCUT2D eigenvalue weighted by Gasteiger charge is -2.16. The molecule has 0 fully saturated rings. The van der Waals surface area contributed by atoms with E-state index in [1.165, 1.54) is 0 Å². The lowest BCUT2D eigenvalue weighted by Crippen LogP contribution is -2.42. The predicted octanol–water partition coefficient (Wildman–Crippen LogP) is 1.69. The van der Waals surface area contributed by atoms with Gasteiger partial charge < -0.3 is 4.98 Å². The molecule has 0 aromatic carbocycles. The molecule has 0 amide bonds. The second kappa shape index (κ2) is 3.64. The molecule has 0 aliphatic carbocycles. The van der Waals surface area contributed by atoms with Gasteiger partial charge in [-0.3, -0.25) is 0 Å². The molecule has 0 aliphatic heterocycles. The molecule has 0 aliphatic rings. The summed E-state index contributed by atoms with van der Waals surface area (Å²) in [6.45, 7) is 12.7. The maximum Gasteiger partial charge on any atom is 0.143 e. The highest BCUT2D eigenvalue weighted by molar-refractivity contribution is 6.79. The fraction of sp³-hybridized carbons (Fsp3) is 0.429. The van der Waals surface area contributed by atoms with Crippen molar-refractivity contribution >= 4 is 8.24 Å². The highest BCUT2D eigenvalue weighted by atomic mass is 28.3. The van der Waals surface area contributed by atoms with Gasteiger partial charge in [-0.25, -0.2) is 0 Å². The van der Waals surface area contributed by atoms with Crippen LogP contribution in [0.15, 0.2) is 24.9 Å². The van der Waals surface area contributed by atoms with Crippen molar-refractivity contribution in [2.24, 2.45) is 0 Å². The molecular formula is C7H15NSi. The first-order valence-corrected chi connectivity index (χ1v) is 6.19. The molecule has 0 bridgehead atoms. The second-order valence-electron chi connectivity index (χ2n) is 2.60. The van der Waals surface area contributed by atoms with Crippen LogP contribution in [0.2, 0.25) is 13.1 Å². The third-order valence-corrected chi connectivity index (χ3v) is 3.35. The first-order valence-electron chi connectivity index (χ1n) is 3.12. The minimum atomic E-state index is -1.26. The summed E-state index contributed by atoms with van der Waals surface area (Å²) in [6.07, 6.45) is 1.87. The first-order chi connectivity index (χ1) is 4.12. The molecule has 0 saturated carbocycles. The summed E-state index contributed by atoms with van der Waals surface area (Å²) in [6, 6.07) is 0. The SMILES string of the molecule is C=CCN[Si](C)(C)C=C. The molecule has 2 heteroatoms. The zero-order valence-corrected chi connectivity index (χ0v) is 7.28. The van der Waals surface area contributed by atoms with Gasteiger partial charge in [-0.15, -0.1) is 13.2 Å². The Kier molecular flexibility index (Phi) is 3.50. The van der Waals surface area contributed by atoms with Crippen LogP contribution in [0.25, 0.3) is 0 Å². The van der Waals surface area contributed by atoms with Crippen LogP contribution >= 0.6 is 0 Å². The Morgan fingerprint density at radius 2 is 2.00 bits per heavy atom. The van der Waals surface area contributed by atoms with E-state index in [0.717, 1.165) is 6.54 Å².